The quantitative estimate of drug-likeness (QED) is 0.802. The van der Waals surface area contributed by atoms with Crippen molar-refractivity contribution in [1.82, 2.24) is 9.80 Å². The van der Waals surface area contributed by atoms with E-state index < -0.39 is 0 Å². The highest BCUT2D eigenvalue weighted by molar-refractivity contribution is 5.75. The zero-order valence-corrected chi connectivity index (χ0v) is 12.4. The fraction of sp³-hybridized carbons (Fsp3) is 0.929. The van der Waals surface area contributed by atoms with Gasteiger partial charge in [-0.25, -0.2) is 0 Å². The minimum absolute atomic E-state index is 0.220. The Bertz CT molecular complexity index is 268. The summed E-state index contributed by atoms with van der Waals surface area (Å²) in [6.45, 7) is 7.46. The maximum atomic E-state index is 11.5. The maximum absolute atomic E-state index is 11.5. The van der Waals surface area contributed by atoms with E-state index in [0.29, 0.717) is 18.4 Å². The monoisotopic (exact) mass is 255 g/mol. The number of carbonyl (C=O) groups excluding carboxylic acids is 1. The molecule has 18 heavy (non-hydrogen) atoms. The molecule has 0 saturated carbocycles. The number of likely N-dealkylation sites (tertiary alicyclic amines) is 1. The molecule has 0 aliphatic carbocycles. The summed E-state index contributed by atoms with van der Waals surface area (Å²) in [5.41, 5.74) is 5.89. The lowest BCUT2D eigenvalue weighted by Crippen LogP contribution is -2.51. The van der Waals surface area contributed by atoms with E-state index in [-0.39, 0.29) is 5.91 Å². The molecule has 0 bridgehead atoms. The molecule has 1 aliphatic heterocycles. The Morgan fingerprint density at radius 2 is 2.06 bits per heavy atom. The molecular weight excluding hydrogens is 226 g/mol. The van der Waals surface area contributed by atoms with Crippen LogP contribution in [0.25, 0.3) is 0 Å². The number of piperidine rings is 1. The minimum atomic E-state index is 0.220. The van der Waals surface area contributed by atoms with Crippen LogP contribution < -0.4 is 5.73 Å². The van der Waals surface area contributed by atoms with Crippen LogP contribution in [0.3, 0.4) is 0 Å². The number of carbonyl (C=O) groups is 1. The van der Waals surface area contributed by atoms with E-state index in [1.54, 1.807) is 4.90 Å². The summed E-state index contributed by atoms with van der Waals surface area (Å²) in [7, 11) is 3.63. The third kappa shape index (κ3) is 4.25. The summed E-state index contributed by atoms with van der Waals surface area (Å²) in [5.74, 6) is 1.63. The smallest absolute Gasteiger partial charge is 0.222 e. The molecule has 106 valence electrons. The van der Waals surface area contributed by atoms with E-state index >= 15 is 0 Å². The Kier molecular flexibility index (Phi) is 6.09. The van der Waals surface area contributed by atoms with Gasteiger partial charge in [0.2, 0.25) is 5.91 Å². The predicted molar refractivity (Wildman–Crippen MR) is 75.3 cm³/mol. The van der Waals surface area contributed by atoms with Crippen molar-refractivity contribution in [3.63, 3.8) is 0 Å². The Morgan fingerprint density at radius 3 is 2.61 bits per heavy atom. The first kappa shape index (κ1) is 15.4. The van der Waals surface area contributed by atoms with Crippen molar-refractivity contribution in [2.24, 2.45) is 17.6 Å². The highest BCUT2D eigenvalue weighted by Gasteiger charge is 2.30. The van der Waals surface area contributed by atoms with E-state index in [1.807, 2.05) is 14.1 Å². The fourth-order valence-electron chi connectivity index (χ4n) is 3.06. The Morgan fingerprint density at radius 1 is 1.39 bits per heavy atom. The maximum Gasteiger partial charge on any atom is 0.222 e. The SMILES string of the molecule is CC1CC(C)C(CN)N(CCCC(=O)N(C)C)C1. The van der Waals surface area contributed by atoms with Gasteiger partial charge in [0.05, 0.1) is 0 Å². The van der Waals surface area contributed by atoms with Gasteiger partial charge in [0, 0.05) is 39.6 Å². The van der Waals surface area contributed by atoms with Gasteiger partial charge in [0.15, 0.2) is 0 Å². The summed E-state index contributed by atoms with van der Waals surface area (Å²) in [5, 5.41) is 0. The standard InChI is InChI=1S/C14H29N3O/c1-11-8-12(2)13(9-15)17(10-11)7-5-6-14(18)16(3)4/h11-13H,5-10,15H2,1-4H3. The number of amides is 1. The predicted octanol–water partition coefficient (Wildman–Crippen LogP) is 1.16. The molecule has 4 heteroatoms. The fourth-order valence-corrected chi connectivity index (χ4v) is 3.06. The number of hydrogen-bond acceptors (Lipinski definition) is 3. The van der Waals surface area contributed by atoms with Crippen molar-refractivity contribution in [1.29, 1.82) is 0 Å². The number of rotatable bonds is 5. The van der Waals surface area contributed by atoms with Gasteiger partial charge in [-0.2, -0.15) is 0 Å². The lowest BCUT2D eigenvalue weighted by Gasteiger charge is -2.42. The molecule has 1 rings (SSSR count). The highest BCUT2D eigenvalue weighted by atomic mass is 16.2. The Balaban J connectivity index is 2.41. The summed E-state index contributed by atoms with van der Waals surface area (Å²) >= 11 is 0. The van der Waals surface area contributed by atoms with Crippen LogP contribution >= 0.6 is 0 Å². The molecule has 0 aromatic rings. The van der Waals surface area contributed by atoms with Gasteiger partial charge in [0.25, 0.3) is 0 Å². The van der Waals surface area contributed by atoms with E-state index in [1.165, 1.54) is 6.42 Å². The second-order valence-corrected chi connectivity index (χ2v) is 6.01. The summed E-state index contributed by atoms with van der Waals surface area (Å²) in [6.07, 6.45) is 2.85. The van der Waals surface area contributed by atoms with Crippen molar-refractivity contribution >= 4 is 5.91 Å². The van der Waals surface area contributed by atoms with Gasteiger partial charge in [-0.3, -0.25) is 9.69 Å². The summed E-state index contributed by atoms with van der Waals surface area (Å²) in [4.78, 5) is 15.7. The van der Waals surface area contributed by atoms with E-state index in [2.05, 4.69) is 18.7 Å². The molecule has 0 radical (unpaired) electrons. The number of nitrogens with two attached hydrogens (primary N) is 1. The molecular formula is C14H29N3O. The molecule has 3 unspecified atom stereocenters. The largest absolute Gasteiger partial charge is 0.349 e. The molecule has 1 aliphatic rings. The first-order chi connectivity index (χ1) is 8.45. The van der Waals surface area contributed by atoms with Crippen molar-refractivity contribution in [3.8, 4) is 0 Å². The Hall–Kier alpha value is -0.610. The molecule has 0 aromatic heterocycles. The highest BCUT2D eigenvalue weighted by Crippen LogP contribution is 2.26. The third-order valence-corrected chi connectivity index (χ3v) is 4.02. The second-order valence-electron chi connectivity index (χ2n) is 6.01. The third-order valence-electron chi connectivity index (χ3n) is 4.02. The van der Waals surface area contributed by atoms with Crippen LogP contribution in [0.2, 0.25) is 0 Å². The lowest BCUT2D eigenvalue weighted by molar-refractivity contribution is -0.128. The molecule has 1 amide bonds. The molecule has 2 N–H and O–H groups in total. The van der Waals surface area contributed by atoms with E-state index in [4.69, 9.17) is 5.73 Å². The molecule has 1 fully saturated rings. The van der Waals surface area contributed by atoms with Gasteiger partial charge < -0.3 is 10.6 Å². The van der Waals surface area contributed by atoms with Gasteiger partial charge in [-0.1, -0.05) is 13.8 Å². The van der Waals surface area contributed by atoms with Crippen LogP contribution in [-0.4, -0.2) is 55.5 Å². The zero-order chi connectivity index (χ0) is 13.7. The van der Waals surface area contributed by atoms with Crippen molar-refractivity contribution in [2.45, 2.75) is 39.2 Å². The first-order valence-electron chi connectivity index (χ1n) is 7.10. The second kappa shape index (κ2) is 7.10. The molecule has 0 spiro atoms. The zero-order valence-electron chi connectivity index (χ0n) is 12.4. The van der Waals surface area contributed by atoms with E-state index in [9.17, 15) is 4.79 Å². The van der Waals surface area contributed by atoms with Crippen molar-refractivity contribution < 1.29 is 4.79 Å². The number of nitrogens with zero attached hydrogens (tertiary/aromatic N) is 2. The van der Waals surface area contributed by atoms with Crippen LogP contribution in [0.4, 0.5) is 0 Å². The van der Waals surface area contributed by atoms with E-state index in [0.717, 1.165) is 32.0 Å². The van der Waals surface area contributed by atoms with Crippen LogP contribution in [0.1, 0.15) is 33.1 Å². The van der Waals surface area contributed by atoms with Crippen molar-refractivity contribution in [2.75, 3.05) is 33.7 Å². The molecule has 1 heterocycles. The van der Waals surface area contributed by atoms with Gasteiger partial charge in [-0.15, -0.1) is 0 Å². The van der Waals surface area contributed by atoms with Gasteiger partial charge in [-0.05, 0) is 31.2 Å². The van der Waals surface area contributed by atoms with Gasteiger partial charge >= 0.3 is 0 Å². The van der Waals surface area contributed by atoms with Crippen molar-refractivity contribution in [3.05, 3.63) is 0 Å². The normalized spacial score (nSPS) is 29.3. The average Bonchev–Trinajstić information content (AvgIpc) is 2.28. The summed E-state index contributed by atoms with van der Waals surface area (Å²) < 4.78 is 0. The molecule has 4 nitrogen and oxygen atoms in total. The van der Waals surface area contributed by atoms with Crippen LogP contribution in [-0.2, 0) is 4.79 Å². The number of hydrogen-bond donors (Lipinski definition) is 1. The first-order valence-corrected chi connectivity index (χ1v) is 7.10. The lowest BCUT2D eigenvalue weighted by atomic mass is 9.85. The average molecular weight is 255 g/mol. The molecule has 3 atom stereocenters. The van der Waals surface area contributed by atoms with Gasteiger partial charge in [0.1, 0.15) is 0 Å². The Labute approximate surface area is 111 Å². The van der Waals surface area contributed by atoms with Crippen LogP contribution in [0, 0.1) is 11.8 Å². The van der Waals surface area contributed by atoms with Crippen LogP contribution in [0.15, 0.2) is 0 Å². The molecule has 0 aromatic carbocycles. The summed E-state index contributed by atoms with van der Waals surface area (Å²) in [6, 6.07) is 0.496. The van der Waals surface area contributed by atoms with Crippen LogP contribution in [0.5, 0.6) is 0 Å². The molecule has 1 saturated heterocycles. The topological polar surface area (TPSA) is 49.6 Å². The minimum Gasteiger partial charge on any atom is -0.349 e.